The molecule has 0 aliphatic heterocycles. The van der Waals surface area contributed by atoms with Gasteiger partial charge in [-0.2, -0.15) is 14.9 Å². The molecule has 1 aromatic heterocycles. The molecule has 6 heteroatoms. The summed E-state index contributed by atoms with van der Waals surface area (Å²) >= 11 is 5.33. The Morgan fingerprint density at radius 3 is 2.54 bits per heavy atom. The quantitative estimate of drug-likeness (QED) is 0.533. The van der Waals surface area contributed by atoms with Crippen LogP contribution in [0.3, 0.4) is 0 Å². The zero-order valence-corrected chi connectivity index (χ0v) is 16.2. The Morgan fingerprint density at radius 1 is 1.15 bits per heavy atom. The van der Waals surface area contributed by atoms with Crippen LogP contribution in [0, 0.1) is 4.77 Å². The van der Waals surface area contributed by atoms with E-state index in [1.165, 1.54) is 5.56 Å². The number of aromatic amines is 1. The summed E-state index contributed by atoms with van der Waals surface area (Å²) < 4.78 is 7.31. The normalized spacial score (nSPS) is 11.8. The van der Waals surface area contributed by atoms with Crippen molar-refractivity contribution in [3.8, 4) is 17.1 Å². The molecule has 3 rings (SSSR count). The molecule has 0 amide bonds. The number of benzene rings is 2. The van der Waals surface area contributed by atoms with E-state index in [2.05, 4.69) is 48.2 Å². The average Bonchev–Trinajstić information content (AvgIpc) is 3.00. The maximum atomic E-state index is 5.33. The lowest BCUT2D eigenvalue weighted by Crippen LogP contribution is -2.10. The molecule has 2 aromatic carbocycles. The minimum Gasteiger partial charge on any atom is -0.497 e. The van der Waals surface area contributed by atoms with Crippen molar-refractivity contribution in [1.82, 2.24) is 14.9 Å². The Morgan fingerprint density at radius 2 is 1.88 bits per heavy atom. The molecule has 134 valence electrons. The Bertz CT molecular complexity index is 978. The van der Waals surface area contributed by atoms with Gasteiger partial charge in [0.25, 0.3) is 0 Å². The summed E-state index contributed by atoms with van der Waals surface area (Å²) in [5, 5.41) is 11.6. The smallest absolute Gasteiger partial charge is 0.216 e. The monoisotopic (exact) mass is 366 g/mol. The summed E-state index contributed by atoms with van der Waals surface area (Å²) in [4.78, 5) is 0. The number of rotatable bonds is 4. The Balaban J connectivity index is 1.94. The van der Waals surface area contributed by atoms with Crippen LogP contribution in [-0.4, -0.2) is 28.2 Å². The number of methoxy groups -OCH3 is 1. The third-order valence-corrected chi connectivity index (χ3v) is 4.34. The van der Waals surface area contributed by atoms with Gasteiger partial charge in [0.05, 0.1) is 13.3 Å². The molecule has 0 fully saturated rings. The second kappa shape index (κ2) is 7.25. The van der Waals surface area contributed by atoms with Crippen LogP contribution in [0.4, 0.5) is 0 Å². The third-order valence-electron chi connectivity index (χ3n) is 4.08. The van der Waals surface area contributed by atoms with Gasteiger partial charge in [-0.3, -0.25) is 0 Å². The molecule has 0 saturated heterocycles. The van der Waals surface area contributed by atoms with Crippen LogP contribution in [-0.2, 0) is 5.41 Å². The van der Waals surface area contributed by atoms with Crippen LogP contribution >= 0.6 is 12.2 Å². The summed E-state index contributed by atoms with van der Waals surface area (Å²) in [6, 6.07) is 16.0. The molecule has 0 bridgehead atoms. The van der Waals surface area contributed by atoms with E-state index in [0.717, 1.165) is 16.9 Å². The highest BCUT2D eigenvalue weighted by Gasteiger charge is 2.14. The maximum absolute atomic E-state index is 5.33. The Hall–Kier alpha value is -2.73. The standard InChI is InChI=1S/C20H22N4OS/c1-20(2,3)16-10-8-15(9-11-16)18-22-23-19(26)24(18)21-13-14-6-5-7-17(12-14)25-4/h5-13H,1-4H3,(H,23,26)/b21-13+. The molecule has 26 heavy (non-hydrogen) atoms. The molecule has 1 heterocycles. The molecule has 0 aliphatic rings. The Labute approximate surface area is 158 Å². The van der Waals surface area contributed by atoms with Crippen LogP contribution < -0.4 is 4.74 Å². The highest BCUT2D eigenvalue weighted by molar-refractivity contribution is 7.71. The van der Waals surface area contributed by atoms with E-state index in [0.29, 0.717) is 10.6 Å². The van der Waals surface area contributed by atoms with Gasteiger partial charge in [-0.1, -0.05) is 57.2 Å². The predicted octanol–water partition coefficient (Wildman–Crippen LogP) is 4.80. The van der Waals surface area contributed by atoms with Crippen LogP contribution in [0.15, 0.2) is 53.6 Å². The number of H-pyrrole nitrogens is 1. The number of hydrogen-bond donors (Lipinski definition) is 1. The van der Waals surface area contributed by atoms with Crippen molar-refractivity contribution in [2.75, 3.05) is 7.11 Å². The van der Waals surface area contributed by atoms with Gasteiger partial charge in [0.2, 0.25) is 4.77 Å². The molecule has 5 nitrogen and oxygen atoms in total. The molecular weight excluding hydrogens is 344 g/mol. The first kappa shape index (κ1) is 18.1. The first-order valence-corrected chi connectivity index (χ1v) is 8.76. The van der Waals surface area contributed by atoms with Crippen molar-refractivity contribution in [2.45, 2.75) is 26.2 Å². The zero-order valence-electron chi connectivity index (χ0n) is 15.4. The van der Waals surface area contributed by atoms with Crippen molar-refractivity contribution in [3.05, 3.63) is 64.4 Å². The topological polar surface area (TPSA) is 55.2 Å². The summed E-state index contributed by atoms with van der Waals surface area (Å²) in [6.07, 6.45) is 1.74. The van der Waals surface area contributed by atoms with Gasteiger partial charge in [0.15, 0.2) is 5.82 Å². The van der Waals surface area contributed by atoms with Crippen molar-refractivity contribution in [3.63, 3.8) is 0 Å². The van der Waals surface area contributed by atoms with Crippen LogP contribution in [0.2, 0.25) is 0 Å². The predicted molar refractivity (Wildman–Crippen MR) is 108 cm³/mol. The molecule has 0 atom stereocenters. The summed E-state index contributed by atoms with van der Waals surface area (Å²) in [5.41, 5.74) is 3.24. The highest BCUT2D eigenvalue weighted by atomic mass is 32.1. The van der Waals surface area contributed by atoms with Gasteiger partial charge >= 0.3 is 0 Å². The van der Waals surface area contributed by atoms with E-state index in [1.807, 2.05) is 36.4 Å². The molecule has 1 N–H and O–H groups in total. The largest absolute Gasteiger partial charge is 0.497 e. The fourth-order valence-electron chi connectivity index (χ4n) is 2.55. The van der Waals surface area contributed by atoms with Gasteiger partial charge in [-0.25, -0.2) is 5.10 Å². The van der Waals surface area contributed by atoms with Crippen molar-refractivity contribution >= 4 is 18.4 Å². The second-order valence-electron chi connectivity index (χ2n) is 7.01. The minimum absolute atomic E-state index is 0.105. The van der Waals surface area contributed by atoms with E-state index in [1.54, 1.807) is 18.0 Å². The number of hydrogen-bond acceptors (Lipinski definition) is 4. The highest BCUT2D eigenvalue weighted by Crippen LogP contribution is 2.25. The van der Waals surface area contributed by atoms with Crippen LogP contribution in [0.25, 0.3) is 11.4 Å². The van der Waals surface area contributed by atoms with Gasteiger partial charge in [0.1, 0.15) is 5.75 Å². The summed E-state index contributed by atoms with van der Waals surface area (Å²) in [7, 11) is 1.64. The summed E-state index contributed by atoms with van der Waals surface area (Å²) in [6.45, 7) is 6.57. The van der Waals surface area contributed by atoms with Gasteiger partial charge in [-0.05, 0) is 40.9 Å². The zero-order chi connectivity index (χ0) is 18.7. The second-order valence-corrected chi connectivity index (χ2v) is 7.40. The lowest BCUT2D eigenvalue weighted by Gasteiger charge is -2.18. The lowest BCUT2D eigenvalue weighted by molar-refractivity contribution is 0.415. The molecular formula is C20H22N4OS. The van der Waals surface area contributed by atoms with E-state index in [-0.39, 0.29) is 5.41 Å². The first-order valence-electron chi connectivity index (χ1n) is 8.35. The number of nitrogens with zero attached hydrogens (tertiary/aromatic N) is 3. The van der Waals surface area contributed by atoms with Gasteiger partial charge in [-0.15, -0.1) is 0 Å². The van der Waals surface area contributed by atoms with E-state index < -0.39 is 0 Å². The molecule has 0 saturated carbocycles. The van der Waals surface area contributed by atoms with Crippen molar-refractivity contribution < 1.29 is 4.74 Å². The maximum Gasteiger partial charge on any atom is 0.216 e. The Kier molecular flexibility index (Phi) is 5.04. The van der Waals surface area contributed by atoms with E-state index >= 15 is 0 Å². The molecule has 0 unspecified atom stereocenters. The number of nitrogens with one attached hydrogen (secondary N) is 1. The number of aromatic nitrogens is 3. The van der Waals surface area contributed by atoms with Crippen LogP contribution in [0.1, 0.15) is 31.9 Å². The lowest BCUT2D eigenvalue weighted by atomic mass is 9.87. The fourth-order valence-corrected chi connectivity index (χ4v) is 2.73. The molecule has 3 aromatic rings. The van der Waals surface area contributed by atoms with E-state index in [4.69, 9.17) is 17.0 Å². The third kappa shape index (κ3) is 3.91. The molecule has 0 radical (unpaired) electrons. The average molecular weight is 366 g/mol. The SMILES string of the molecule is COc1cccc(/C=N/n2c(-c3ccc(C(C)(C)C)cc3)n[nH]c2=S)c1. The van der Waals surface area contributed by atoms with Crippen molar-refractivity contribution in [2.24, 2.45) is 5.10 Å². The number of ether oxygens (including phenoxy) is 1. The van der Waals surface area contributed by atoms with E-state index in [9.17, 15) is 0 Å². The van der Waals surface area contributed by atoms with Crippen molar-refractivity contribution in [1.29, 1.82) is 0 Å². The summed E-state index contributed by atoms with van der Waals surface area (Å²) in [5.74, 6) is 1.46. The van der Waals surface area contributed by atoms with Crippen LogP contribution in [0.5, 0.6) is 5.75 Å². The minimum atomic E-state index is 0.105. The molecule has 0 aliphatic carbocycles. The van der Waals surface area contributed by atoms with Gasteiger partial charge < -0.3 is 4.74 Å². The fraction of sp³-hybridized carbons (Fsp3) is 0.250. The first-order chi connectivity index (χ1) is 12.4. The molecule has 0 spiro atoms. The van der Waals surface area contributed by atoms with Gasteiger partial charge in [0, 0.05) is 5.56 Å².